The van der Waals surface area contributed by atoms with Gasteiger partial charge in [-0.25, -0.2) is 0 Å². The summed E-state index contributed by atoms with van der Waals surface area (Å²) in [5.41, 5.74) is 2.67. The maximum atomic E-state index is 12.3. The Morgan fingerprint density at radius 1 is 1.15 bits per heavy atom. The van der Waals surface area contributed by atoms with Gasteiger partial charge >= 0.3 is 0 Å². The van der Waals surface area contributed by atoms with Gasteiger partial charge in [-0.3, -0.25) is 4.79 Å². The van der Waals surface area contributed by atoms with Crippen molar-refractivity contribution in [3.63, 3.8) is 0 Å². The highest BCUT2D eigenvalue weighted by Gasteiger charge is 2.32. The van der Waals surface area contributed by atoms with Crippen molar-refractivity contribution in [3.05, 3.63) is 41.5 Å². The number of fused-ring (bicyclic) bond motifs is 2. The lowest BCUT2D eigenvalue weighted by atomic mass is 9.84. The first-order chi connectivity index (χ1) is 12.7. The van der Waals surface area contributed by atoms with Gasteiger partial charge in [0.15, 0.2) is 23.0 Å². The van der Waals surface area contributed by atoms with E-state index in [9.17, 15) is 4.79 Å². The van der Waals surface area contributed by atoms with E-state index in [1.807, 2.05) is 37.3 Å². The van der Waals surface area contributed by atoms with Crippen molar-refractivity contribution in [2.45, 2.75) is 19.3 Å². The molecule has 2 aliphatic heterocycles. The number of anilines is 1. The fourth-order valence-corrected chi connectivity index (χ4v) is 3.54. The SMILES string of the molecule is CCOc1c(OC)cccc1[C@H]1CC(=O)Nc2cc3c(cc21)OCCO3. The highest BCUT2D eigenvalue weighted by atomic mass is 16.6. The molecule has 6 nitrogen and oxygen atoms in total. The Bertz CT molecular complexity index is 848. The Hall–Kier alpha value is -2.89. The number of benzene rings is 2. The van der Waals surface area contributed by atoms with Crippen molar-refractivity contribution >= 4 is 11.6 Å². The number of carbonyl (C=O) groups is 1. The second kappa shape index (κ2) is 6.78. The first kappa shape index (κ1) is 16.6. The van der Waals surface area contributed by atoms with E-state index in [4.69, 9.17) is 18.9 Å². The molecule has 0 spiro atoms. The summed E-state index contributed by atoms with van der Waals surface area (Å²) in [7, 11) is 1.62. The van der Waals surface area contributed by atoms with E-state index in [0.717, 1.165) is 16.8 Å². The first-order valence-electron chi connectivity index (χ1n) is 8.74. The van der Waals surface area contributed by atoms with Crippen LogP contribution in [0.15, 0.2) is 30.3 Å². The minimum absolute atomic E-state index is 0.0375. The smallest absolute Gasteiger partial charge is 0.225 e. The van der Waals surface area contributed by atoms with Crippen LogP contribution in [0.25, 0.3) is 0 Å². The average Bonchev–Trinajstić information content (AvgIpc) is 2.66. The first-order valence-corrected chi connectivity index (χ1v) is 8.74. The van der Waals surface area contributed by atoms with Crippen LogP contribution in [0, 0.1) is 0 Å². The minimum Gasteiger partial charge on any atom is -0.493 e. The molecule has 1 amide bonds. The maximum Gasteiger partial charge on any atom is 0.225 e. The molecule has 26 heavy (non-hydrogen) atoms. The predicted octanol–water partition coefficient (Wildman–Crippen LogP) is 3.34. The van der Waals surface area contributed by atoms with Crippen molar-refractivity contribution in [2.24, 2.45) is 0 Å². The molecule has 2 aliphatic rings. The van der Waals surface area contributed by atoms with Gasteiger partial charge in [-0.1, -0.05) is 12.1 Å². The van der Waals surface area contributed by atoms with E-state index in [-0.39, 0.29) is 11.8 Å². The molecular weight excluding hydrogens is 334 g/mol. The second-order valence-corrected chi connectivity index (χ2v) is 6.20. The normalized spacial score (nSPS) is 17.9. The summed E-state index contributed by atoms with van der Waals surface area (Å²) in [5.74, 6) is 2.52. The summed E-state index contributed by atoms with van der Waals surface area (Å²) >= 11 is 0. The van der Waals surface area contributed by atoms with Crippen LogP contribution in [-0.2, 0) is 4.79 Å². The van der Waals surface area contributed by atoms with Gasteiger partial charge in [0.1, 0.15) is 13.2 Å². The van der Waals surface area contributed by atoms with Crippen LogP contribution in [-0.4, -0.2) is 32.8 Å². The zero-order chi connectivity index (χ0) is 18.1. The standard InChI is InChI=1S/C20H21NO5/c1-3-24-20-12(5-4-6-16(20)23-2)13-10-19(22)21-15-11-18-17(9-14(13)15)25-7-8-26-18/h4-6,9,11,13H,3,7-8,10H2,1-2H3,(H,21,22)/t13-/m1/s1. The molecular formula is C20H21NO5. The van der Waals surface area contributed by atoms with Crippen molar-refractivity contribution in [3.8, 4) is 23.0 Å². The quantitative estimate of drug-likeness (QED) is 0.911. The average molecular weight is 355 g/mol. The van der Waals surface area contributed by atoms with Gasteiger partial charge in [0.05, 0.1) is 13.7 Å². The van der Waals surface area contributed by atoms with Crippen LogP contribution in [0.1, 0.15) is 30.4 Å². The van der Waals surface area contributed by atoms with Gasteiger partial charge < -0.3 is 24.3 Å². The molecule has 0 bridgehead atoms. The van der Waals surface area contributed by atoms with Gasteiger partial charge in [0.2, 0.25) is 5.91 Å². The molecule has 0 radical (unpaired) electrons. The summed E-state index contributed by atoms with van der Waals surface area (Å²) in [6.45, 7) is 3.47. The van der Waals surface area contributed by atoms with E-state index in [1.54, 1.807) is 7.11 Å². The third kappa shape index (κ3) is 2.81. The van der Waals surface area contributed by atoms with Crippen LogP contribution >= 0.6 is 0 Å². The Morgan fingerprint density at radius 2 is 1.92 bits per heavy atom. The van der Waals surface area contributed by atoms with Crippen molar-refractivity contribution in [2.75, 3.05) is 32.2 Å². The fourth-order valence-electron chi connectivity index (χ4n) is 3.54. The van der Waals surface area contributed by atoms with Crippen LogP contribution in [0.2, 0.25) is 0 Å². The van der Waals surface area contributed by atoms with Crippen molar-refractivity contribution in [1.29, 1.82) is 0 Å². The molecule has 136 valence electrons. The maximum absolute atomic E-state index is 12.3. The van der Waals surface area contributed by atoms with E-state index in [0.29, 0.717) is 49.2 Å². The van der Waals surface area contributed by atoms with E-state index >= 15 is 0 Å². The second-order valence-electron chi connectivity index (χ2n) is 6.20. The number of hydrogen-bond donors (Lipinski definition) is 1. The molecule has 0 aliphatic carbocycles. The molecule has 0 fully saturated rings. The molecule has 2 aromatic rings. The largest absolute Gasteiger partial charge is 0.493 e. The third-order valence-electron chi connectivity index (χ3n) is 4.65. The lowest BCUT2D eigenvalue weighted by Crippen LogP contribution is -2.25. The summed E-state index contributed by atoms with van der Waals surface area (Å²) in [6, 6.07) is 9.57. The number of para-hydroxylation sites is 1. The number of hydrogen-bond acceptors (Lipinski definition) is 5. The zero-order valence-corrected chi connectivity index (χ0v) is 14.8. The molecule has 0 aromatic heterocycles. The van der Waals surface area contributed by atoms with Crippen LogP contribution in [0.4, 0.5) is 5.69 Å². The van der Waals surface area contributed by atoms with Gasteiger partial charge in [0, 0.05) is 29.7 Å². The van der Waals surface area contributed by atoms with Gasteiger partial charge in [0.25, 0.3) is 0 Å². The molecule has 6 heteroatoms. The highest BCUT2D eigenvalue weighted by molar-refractivity contribution is 5.96. The molecule has 0 saturated carbocycles. The van der Waals surface area contributed by atoms with Crippen LogP contribution in [0.5, 0.6) is 23.0 Å². The van der Waals surface area contributed by atoms with Gasteiger partial charge in [-0.05, 0) is 24.6 Å². The van der Waals surface area contributed by atoms with Crippen molar-refractivity contribution in [1.82, 2.24) is 0 Å². The number of ether oxygens (including phenoxy) is 4. The van der Waals surface area contributed by atoms with Crippen LogP contribution in [0.3, 0.4) is 0 Å². The van der Waals surface area contributed by atoms with E-state index in [1.165, 1.54) is 0 Å². The molecule has 4 rings (SSSR count). The topological polar surface area (TPSA) is 66.0 Å². The lowest BCUT2D eigenvalue weighted by molar-refractivity contribution is -0.116. The van der Waals surface area contributed by atoms with Crippen molar-refractivity contribution < 1.29 is 23.7 Å². The molecule has 1 N–H and O–H groups in total. The number of amides is 1. The third-order valence-corrected chi connectivity index (χ3v) is 4.65. The molecule has 0 unspecified atom stereocenters. The molecule has 2 aromatic carbocycles. The Labute approximate surface area is 152 Å². The van der Waals surface area contributed by atoms with Gasteiger partial charge in [-0.15, -0.1) is 0 Å². The lowest BCUT2D eigenvalue weighted by Gasteiger charge is -2.30. The Morgan fingerprint density at radius 3 is 2.65 bits per heavy atom. The minimum atomic E-state index is -0.147. The molecule has 1 atom stereocenters. The Kier molecular flexibility index (Phi) is 4.32. The summed E-state index contributed by atoms with van der Waals surface area (Å²) in [5, 5.41) is 2.94. The number of methoxy groups -OCH3 is 1. The molecule has 2 heterocycles. The summed E-state index contributed by atoms with van der Waals surface area (Å²) in [6.07, 6.45) is 0.333. The van der Waals surface area contributed by atoms with E-state index in [2.05, 4.69) is 5.32 Å². The number of rotatable bonds is 4. The fraction of sp³-hybridized carbons (Fsp3) is 0.350. The predicted molar refractivity (Wildman–Crippen MR) is 96.7 cm³/mol. The van der Waals surface area contributed by atoms with Gasteiger partial charge in [-0.2, -0.15) is 0 Å². The number of carbonyl (C=O) groups excluding carboxylic acids is 1. The van der Waals surface area contributed by atoms with E-state index < -0.39 is 0 Å². The summed E-state index contributed by atoms with van der Waals surface area (Å²) in [4.78, 5) is 12.3. The van der Waals surface area contributed by atoms with Crippen LogP contribution < -0.4 is 24.3 Å². The highest BCUT2D eigenvalue weighted by Crippen LogP contribution is 2.47. The monoisotopic (exact) mass is 355 g/mol. The molecule has 0 saturated heterocycles. The summed E-state index contributed by atoms with van der Waals surface area (Å²) < 4.78 is 22.7. The zero-order valence-electron chi connectivity index (χ0n) is 14.8. The Balaban J connectivity index is 1.85. The number of nitrogens with one attached hydrogen (secondary N) is 1.